The number of piperidine rings is 1. The van der Waals surface area contributed by atoms with Gasteiger partial charge in [0.1, 0.15) is 0 Å². The van der Waals surface area contributed by atoms with Crippen molar-refractivity contribution < 1.29 is 14.6 Å². The van der Waals surface area contributed by atoms with Gasteiger partial charge in [0.05, 0.1) is 12.2 Å². The monoisotopic (exact) mass is 318 g/mol. The number of ether oxygens (including phenoxy) is 1. The summed E-state index contributed by atoms with van der Waals surface area (Å²) in [4.78, 5) is 14.0. The van der Waals surface area contributed by atoms with Gasteiger partial charge in [-0.3, -0.25) is 0 Å². The zero-order chi connectivity index (χ0) is 16.1. The Hall–Kier alpha value is -1.59. The highest BCUT2D eigenvalue weighted by molar-refractivity contribution is 5.74. The summed E-state index contributed by atoms with van der Waals surface area (Å²) in [6.45, 7) is 2.56. The summed E-state index contributed by atoms with van der Waals surface area (Å²) in [5.41, 5.74) is 1.18. The molecule has 126 valence electrons. The third-order valence-corrected chi connectivity index (χ3v) is 4.77. The highest BCUT2D eigenvalue weighted by atomic mass is 16.5. The van der Waals surface area contributed by atoms with Gasteiger partial charge in [0.25, 0.3) is 0 Å². The summed E-state index contributed by atoms with van der Waals surface area (Å²) >= 11 is 0. The van der Waals surface area contributed by atoms with Gasteiger partial charge in [-0.25, -0.2) is 4.79 Å². The topological polar surface area (TPSA) is 61.8 Å². The van der Waals surface area contributed by atoms with Crippen LogP contribution in [0.15, 0.2) is 30.3 Å². The van der Waals surface area contributed by atoms with Gasteiger partial charge in [0, 0.05) is 32.2 Å². The molecule has 0 aliphatic carbocycles. The van der Waals surface area contributed by atoms with Crippen LogP contribution in [0.4, 0.5) is 4.79 Å². The van der Waals surface area contributed by atoms with E-state index in [1.807, 2.05) is 18.2 Å². The van der Waals surface area contributed by atoms with E-state index in [1.165, 1.54) is 5.56 Å². The maximum Gasteiger partial charge on any atom is 0.317 e. The summed E-state index contributed by atoms with van der Waals surface area (Å²) in [6.07, 6.45) is 3.42. The quantitative estimate of drug-likeness (QED) is 0.899. The van der Waals surface area contributed by atoms with Crippen LogP contribution in [0.25, 0.3) is 0 Å². The standard InChI is InChI=1S/C18H26N2O3/c21-16-9-4-10-20(13-16)18(22)19-12-15-8-5-11-23-17(15)14-6-2-1-3-7-14/h1-3,6-7,15-17,21H,4-5,8-13H2,(H,19,22). The van der Waals surface area contributed by atoms with E-state index in [0.29, 0.717) is 19.0 Å². The molecular weight excluding hydrogens is 292 g/mol. The second-order valence-corrected chi connectivity index (χ2v) is 6.53. The van der Waals surface area contributed by atoms with Gasteiger partial charge in [0.2, 0.25) is 0 Å². The number of amides is 2. The second-order valence-electron chi connectivity index (χ2n) is 6.53. The van der Waals surface area contributed by atoms with Crippen molar-refractivity contribution in [2.24, 2.45) is 5.92 Å². The first-order chi connectivity index (χ1) is 11.2. The number of carbonyl (C=O) groups is 1. The van der Waals surface area contributed by atoms with Crippen molar-refractivity contribution in [3.05, 3.63) is 35.9 Å². The number of carbonyl (C=O) groups excluding carboxylic acids is 1. The van der Waals surface area contributed by atoms with Crippen LogP contribution in [0.1, 0.15) is 37.4 Å². The van der Waals surface area contributed by atoms with E-state index in [-0.39, 0.29) is 18.2 Å². The molecule has 0 radical (unpaired) electrons. The van der Waals surface area contributed by atoms with E-state index in [2.05, 4.69) is 17.4 Å². The highest BCUT2D eigenvalue weighted by Crippen LogP contribution is 2.33. The van der Waals surface area contributed by atoms with Gasteiger partial charge in [-0.1, -0.05) is 30.3 Å². The third kappa shape index (κ3) is 4.24. The first-order valence-electron chi connectivity index (χ1n) is 8.61. The second kappa shape index (κ2) is 7.79. The zero-order valence-electron chi connectivity index (χ0n) is 13.5. The lowest BCUT2D eigenvalue weighted by Crippen LogP contribution is -2.48. The lowest BCUT2D eigenvalue weighted by molar-refractivity contribution is -0.0273. The average Bonchev–Trinajstić information content (AvgIpc) is 2.60. The van der Waals surface area contributed by atoms with Crippen molar-refractivity contribution in [1.82, 2.24) is 10.2 Å². The van der Waals surface area contributed by atoms with Crippen LogP contribution in [0, 0.1) is 5.92 Å². The molecule has 3 rings (SSSR count). The number of rotatable bonds is 3. The van der Waals surface area contributed by atoms with Crippen molar-refractivity contribution in [1.29, 1.82) is 0 Å². The Morgan fingerprint density at radius 3 is 2.87 bits per heavy atom. The Bertz CT molecular complexity index is 508. The summed E-state index contributed by atoms with van der Waals surface area (Å²) in [5.74, 6) is 0.296. The van der Waals surface area contributed by atoms with E-state index < -0.39 is 0 Å². The molecule has 5 heteroatoms. The van der Waals surface area contributed by atoms with Gasteiger partial charge in [-0.15, -0.1) is 0 Å². The van der Waals surface area contributed by atoms with E-state index in [9.17, 15) is 9.90 Å². The Labute approximate surface area is 137 Å². The molecule has 5 nitrogen and oxygen atoms in total. The maximum absolute atomic E-state index is 12.3. The molecule has 0 aromatic heterocycles. The van der Waals surface area contributed by atoms with Gasteiger partial charge < -0.3 is 20.1 Å². The summed E-state index contributed by atoms with van der Waals surface area (Å²) in [5, 5.41) is 12.7. The van der Waals surface area contributed by atoms with Gasteiger partial charge >= 0.3 is 6.03 Å². The molecule has 2 fully saturated rings. The summed E-state index contributed by atoms with van der Waals surface area (Å²) < 4.78 is 5.97. The van der Waals surface area contributed by atoms with Crippen LogP contribution in [0.5, 0.6) is 0 Å². The van der Waals surface area contributed by atoms with Crippen molar-refractivity contribution in [3.8, 4) is 0 Å². The predicted octanol–water partition coefficient (Wildman–Crippen LogP) is 2.32. The van der Waals surface area contributed by atoms with Gasteiger partial charge in [-0.2, -0.15) is 0 Å². The predicted molar refractivity (Wildman–Crippen MR) is 88.1 cm³/mol. The van der Waals surface area contributed by atoms with Crippen molar-refractivity contribution in [3.63, 3.8) is 0 Å². The largest absolute Gasteiger partial charge is 0.391 e. The number of hydrogen-bond acceptors (Lipinski definition) is 3. The number of hydrogen-bond donors (Lipinski definition) is 2. The van der Waals surface area contributed by atoms with Crippen LogP contribution in [-0.2, 0) is 4.74 Å². The van der Waals surface area contributed by atoms with Crippen LogP contribution >= 0.6 is 0 Å². The summed E-state index contributed by atoms with van der Waals surface area (Å²) in [7, 11) is 0. The van der Waals surface area contributed by atoms with Gasteiger partial charge in [0.15, 0.2) is 0 Å². The fraction of sp³-hybridized carbons (Fsp3) is 0.611. The van der Waals surface area contributed by atoms with Crippen molar-refractivity contribution in [2.45, 2.75) is 37.9 Å². The number of likely N-dealkylation sites (tertiary alicyclic amines) is 1. The number of aliphatic hydroxyl groups excluding tert-OH is 1. The Morgan fingerprint density at radius 1 is 1.26 bits per heavy atom. The minimum absolute atomic E-state index is 0.0530. The molecule has 0 saturated carbocycles. The smallest absolute Gasteiger partial charge is 0.317 e. The van der Waals surface area contributed by atoms with E-state index in [1.54, 1.807) is 4.90 Å². The number of benzene rings is 1. The number of aliphatic hydroxyl groups is 1. The van der Waals surface area contributed by atoms with Crippen LogP contribution < -0.4 is 5.32 Å². The Kier molecular flexibility index (Phi) is 5.51. The van der Waals surface area contributed by atoms with E-state index in [4.69, 9.17) is 4.74 Å². The Balaban J connectivity index is 1.56. The lowest BCUT2D eigenvalue weighted by atomic mass is 9.89. The number of nitrogens with zero attached hydrogens (tertiary/aromatic N) is 1. The molecule has 0 spiro atoms. The molecule has 1 aromatic carbocycles. The van der Waals surface area contributed by atoms with Crippen molar-refractivity contribution in [2.75, 3.05) is 26.2 Å². The summed E-state index contributed by atoms with van der Waals surface area (Å²) in [6, 6.07) is 10.2. The van der Waals surface area contributed by atoms with E-state index >= 15 is 0 Å². The van der Waals surface area contributed by atoms with Crippen LogP contribution in [0.2, 0.25) is 0 Å². The minimum Gasteiger partial charge on any atom is -0.391 e. The highest BCUT2D eigenvalue weighted by Gasteiger charge is 2.29. The number of β-amino-alcohol motifs (C(OH)–C–C–N with tert-alkyl or cyclic N) is 1. The van der Waals surface area contributed by atoms with E-state index in [0.717, 1.165) is 38.8 Å². The molecule has 0 bridgehead atoms. The molecule has 2 saturated heterocycles. The average molecular weight is 318 g/mol. The molecule has 2 heterocycles. The molecule has 3 unspecified atom stereocenters. The van der Waals surface area contributed by atoms with Crippen LogP contribution in [-0.4, -0.2) is 48.4 Å². The minimum atomic E-state index is -0.385. The molecule has 2 amide bonds. The third-order valence-electron chi connectivity index (χ3n) is 4.77. The number of urea groups is 1. The first kappa shape index (κ1) is 16.3. The molecular formula is C18H26N2O3. The maximum atomic E-state index is 12.3. The molecule has 2 aliphatic rings. The zero-order valence-corrected chi connectivity index (χ0v) is 13.5. The number of nitrogens with one attached hydrogen (secondary N) is 1. The molecule has 23 heavy (non-hydrogen) atoms. The van der Waals surface area contributed by atoms with Gasteiger partial charge in [-0.05, 0) is 31.2 Å². The van der Waals surface area contributed by atoms with Crippen molar-refractivity contribution >= 4 is 6.03 Å². The fourth-order valence-electron chi connectivity index (χ4n) is 3.53. The fourth-order valence-corrected chi connectivity index (χ4v) is 3.53. The molecule has 3 atom stereocenters. The van der Waals surface area contributed by atoms with Crippen LogP contribution in [0.3, 0.4) is 0 Å². The molecule has 2 N–H and O–H groups in total. The lowest BCUT2D eigenvalue weighted by Gasteiger charge is -2.34. The SMILES string of the molecule is O=C(NCC1CCCOC1c1ccccc1)N1CCCC(O)C1. The first-order valence-corrected chi connectivity index (χ1v) is 8.61. The Morgan fingerprint density at radius 2 is 2.09 bits per heavy atom. The molecule has 2 aliphatic heterocycles. The molecule has 1 aromatic rings. The normalized spacial score (nSPS) is 28.4.